The number of rotatable bonds is 6. The average Bonchev–Trinajstić information content (AvgIpc) is 3.32. The van der Waals surface area contributed by atoms with Crippen LogP contribution in [0.4, 0.5) is 19.0 Å². The number of aryl methyl sites for hydroxylation is 1. The fraction of sp³-hybridized carbons (Fsp3) is 0.280. The Morgan fingerprint density at radius 2 is 1.89 bits per heavy atom. The van der Waals surface area contributed by atoms with Gasteiger partial charge in [0.25, 0.3) is 5.89 Å². The number of aliphatic hydroxyl groups excluding tert-OH is 1. The maximum Gasteiger partial charge on any atom is 0.417 e. The van der Waals surface area contributed by atoms with Gasteiger partial charge in [-0.15, -0.1) is 0 Å². The van der Waals surface area contributed by atoms with Gasteiger partial charge in [0.05, 0.1) is 17.7 Å². The summed E-state index contributed by atoms with van der Waals surface area (Å²) < 4.78 is 45.5. The van der Waals surface area contributed by atoms with Gasteiger partial charge in [-0.05, 0) is 72.8 Å². The second-order valence-electron chi connectivity index (χ2n) is 8.62. The van der Waals surface area contributed by atoms with Gasteiger partial charge in [0, 0.05) is 30.4 Å². The lowest BCUT2D eigenvalue weighted by atomic mass is 10.0. The highest BCUT2D eigenvalue weighted by Gasteiger charge is 2.31. The van der Waals surface area contributed by atoms with Crippen molar-refractivity contribution in [3.8, 4) is 22.7 Å². The number of aromatic nitrogens is 4. The summed E-state index contributed by atoms with van der Waals surface area (Å²) in [5, 5.41) is 17.5. The summed E-state index contributed by atoms with van der Waals surface area (Å²) >= 11 is 1.55. The molecule has 1 saturated heterocycles. The maximum absolute atomic E-state index is 12.7. The van der Waals surface area contributed by atoms with E-state index in [1.54, 1.807) is 25.1 Å². The highest BCUT2D eigenvalue weighted by atomic mass is 32.2. The first kappa shape index (κ1) is 25.2. The number of nitrogens with one attached hydrogen (secondary N) is 1. The average molecular weight is 529 g/mol. The van der Waals surface area contributed by atoms with E-state index in [1.807, 2.05) is 36.4 Å². The van der Waals surface area contributed by atoms with E-state index in [2.05, 4.69) is 29.7 Å². The van der Waals surface area contributed by atoms with Crippen molar-refractivity contribution in [3.05, 3.63) is 72.3 Å². The Hall–Kier alpha value is -3.48. The van der Waals surface area contributed by atoms with Crippen LogP contribution in [0.2, 0.25) is 0 Å². The SMILES string of the molecule is Cc1noc(-c2cc(-c3ccc(SN4CC[C@@H](Nc5ccc(C(F)(F)F)cn5)[C@@H](O)C4)cc3)ccn2)n1. The van der Waals surface area contributed by atoms with Gasteiger partial charge in [0.1, 0.15) is 11.5 Å². The number of hydrogen-bond donors (Lipinski definition) is 2. The van der Waals surface area contributed by atoms with Crippen LogP contribution in [-0.2, 0) is 6.18 Å². The molecule has 1 aliphatic rings. The smallest absolute Gasteiger partial charge is 0.390 e. The van der Waals surface area contributed by atoms with Crippen molar-refractivity contribution in [2.75, 3.05) is 18.4 Å². The van der Waals surface area contributed by atoms with E-state index in [9.17, 15) is 18.3 Å². The summed E-state index contributed by atoms with van der Waals surface area (Å²) in [5.74, 6) is 1.23. The molecule has 192 valence electrons. The number of benzene rings is 1. The summed E-state index contributed by atoms with van der Waals surface area (Å²) in [4.78, 5) is 13.4. The standard InChI is InChI=1S/C25H23F3N6O2S/c1-15-31-24(36-33-15)21-12-17(8-10-29-21)16-2-5-19(6-3-16)37-34-11-9-20(22(35)14-34)32-23-7-4-18(13-30-23)25(26,27)28/h2-8,10,12-13,20,22,35H,9,11,14H2,1H3,(H,30,32)/t20-,22+/m1/s1. The number of aliphatic hydroxyl groups is 1. The minimum atomic E-state index is -4.43. The summed E-state index contributed by atoms with van der Waals surface area (Å²) in [5.41, 5.74) is 1.78. The molecule has 12 heteroatoms. The van der Waals surface area contributed by atoms with Gasteiger partial charge in [0.15, 0.2) is 5.82 Å². The number of β-amino-alcohol motifs (C(OH)–C–C–N with tert-alkyl or cyclic N) is 1. The molecule has 5 rings (SSSR count). The molecule has 1 fully saturated rings. The number of hydrogen-bond acceptors (Lipinski definition) is 9. The van der Waals surface area contributed by atoms with Gasteiger partial charge in [-0.3, -0.25) is 4.98 Å². The minimum Gasteiger partial charge on any atom is -0.390 e. The van der Waals surface area contributed by atoms with Gasteiger partial charge in [0.2, 0.25) is 0 Å². The van der Waals surface area contributed by atoms with Crippen molar-refractivity contribution in [1.29, 1.82) is 0 Å². The van der Waals surface area contributed by atoms with Gasteiger partial charge >= 0.3 is 6.18 Å². The zero-order chi connectivity index (χ0) is 26.0. The molecule has 4 aromatic rings. The van der Waals surface area contributed by atoms with E-state index in [-0.39, 0.29) is 6.04 Å². The van der Waals surface area contributed by atoms with E-state index in [4.69, 9.17) is 4.52 Å². The van der Waals surface area contributed by atoms with Crippen LogP contribution in [0.5, 0.6) is 0 Å². The highest BCUT2D eigenvalue weighted by molar-refractivity contribution is 7.97. The van der Waals surface area contributed by atoms with Crippen LogP contribution in [-0.4, -0.2) is 54.8 Å². The molecular formula is C25H23F3N6O2S. The molecule has 1 aliphatic heterocycles. The molecule has 0 spiro atoms. The number of pyridine rings is 2. The predicted molar refractivity (Wildman–Crippen MR) is 132 cm³/mol. The third-order valence-electron chi connectivity index (χ3n) is 5.90. The van der Waals surface area contributed by atoms with Crippen LogP contribution in [0.3, 0.4) is 0 Å². The van der Waals surface area contributed by atoms with E-state index in [0.717, 1.165) is 28.3 Å². The second-order valence-corrected chi connectivity index (χ2v) is 9.79. The molecule has 0 radical (unpaired) electrons. The van der Waals surface area contributed by atoms with Gasteiger partial charge in [-0.1, -0.05) is 17.3 Å². The zero-order valence-corrected chi connectivity index (χ0v) is 20.5. The van der Waals surface area contributed by atoms with Crippen LogP contribution in [0, 0.1) is 6.92 Å². The van der Waals surface area contributed by atoms with Crippen molar-refractivity contribution in [3.63, 3.8) is 0 Å². The van der Waals surface area contributed by atoms with Crippen LogP contribution in [0.15, 0.2) is 70.3 Å². The molecule has 0 aliphatic carbocycles. The molecule has 0 unspecified atom stereocenters. The zero-order valence-electron chi connectivity index (χ0n) is 19.7. The molecule has 37 heavy (non-hydrogen) atoms. The van der Waals surface area contributed by atoms with E-state index in [1.165, 1.54) is 6.07 Å². The Morgan fingerprint density at radius 3 is 2.54 bits per heavy atom. The molecule has 2 N–H and O–H groups in total. The number of alkyl halides is 3. The lowest BCUT2D eigenvalue weighted by Crippen LogP contribution is -2.47. The lowest BCUT2D eigenvalue weighted by Gasteiger charge is -2.35. The Labute approximate surface area is 215 Å². The normalized spacial score (nSPS) is 18.6. The fourth-order valence-corrected chi connectivity index (χ4v) is 4.96. The van der Waals surface area contributed by atoms with Crippen LogP contribution in [0.25, 0.3) is 22.7 Å². The maximum atomic E-state index is 12.7. The first-order valence-corrected chi connectivity index (χ1v) is 12.3. The Morgan fingerprint density at radius 1 is 1.08 bits per heavy atom. The van der Waals surface area contributed by atoms with Crippen LogP contribution < -0.4 is 5.32 Å². The Bertz CT molecular complexity index is 1350. The molecule has 2 atom stereocenters. The molecule has 0 amide bonds. The number of halogens is 3. The van der Waals surface area contributed by atoms with Crippen LogP contribution >= 0.6 is 11.9 Å². The predicted octanol–water partition coefficient (Wildman–Crippen LogP) is 5.08. The van der Waals surface area contributed by atoms with Crippen molar-refractivity contribution < 1.29 is 22.8 Å². The molecule has 0 bridgehead atoms. The van der Waals surface area contributed by atoms with Crippen molar-refractivity contribution in [1.82, 2.24) is 24.4 Å². The summed E-state index contributed by atoms with van der Waals surface area (Å²) in [6, 6.07) is 13.8. The van der Waals surface area contributed by atoms with Crippen molar-refractivity contribution in [2.24, 2.45) is 0 Å². The van der Waals surface area contributed by atoms with E-state index >= 15 is 0 Å². The van der Waals surface area contributed by atoms with Crippen molar-refractivity contribution >= 4 is 17.8 Å². The lowest BCUT2D eigenvalue weighted by molar-refractivity contribution is -0.137. The Kier molecular flexibility index (Phi) is 7.13. The first-order valence-electron chi connectivity index (χ1n) is 11.5. The van der Waals surface area contributed by atoms with Gasteiger partial charge < -0.3 is 14.9 Å². The van der Waals surface area contributed by atoms with Crippen LogP contribution in [0.1, 0.15) is 17.8 Å². The second kappa shape index (κ2) is 10.5. The topological polar surface area (TPSA) is 100 Å². The summed E-state index contributed by atoms with van der Waals surface area (Å²) in [6.07, 6.45) is -2.02. The van der Waals surface area contributed by atoms with E-state index in [0.29, 0.717) is 42.7 Å². The Balaban J connectivity index is 1.17. The first-order chi connectivity index (χ1) is 17.7. The van der Waals surface area contributed by atoms with Gasteiger partial charge in [-0.25, -0.2) is 9.29 Å². The third-order valence-corrected chi connectivity index (χ3v) is 6.97. The molecule has 8 nitrogen and oxygen atoms in total. The fourth-order valence-electron chi connectivity index (χ4n) is 3.98. The molecule has 1 aromatic carbocycles. The summed E-state index contributed by atoms with van der Waals surface area (Å²) in [6.45, 7) is 2.85. The monoisotopic (exact) mass is 528 g/mol. The quantitative estimate of drug-likeness (QED) is 0.332. The van der Waals surface area contributed by atoms with Crippen molar-refractivity contribution in [2.45, 2.75) is 36.6 Å². The number of piperidine rings is 1. The minimum absolute atomic E-state index is 0.299. The third kappa shape index (κ3) is 6.09. The van der Waals surface area contributed by atoms with E-state index < -0.39 is 17.8 Å². The highest BCUT2D eigenvalue weighted by Crippen LogP contribution is 2.31. The molecular weight excluding hydrogens is 505 g/mol. The molecule has 3 aromatic heterocycles. The van der Waals surface area contributed by atoms with Gasteiger partial charge in [-0.2, -0.15) is 18.2 Å². The summed E-state index contributed by atoms with van der Waals surface area (Å²) in [7, 11) is 0. The molecule has 4 heterocycles. The molecule has 0 saturated carbocycles. The number of anilines is 1. The largest absolute Gasteiger partial charge is 0.417 e. The number of nitrogens with zero attached hydrogens (tertiary/aromatic N) is 5.